The molecule has 0 amide bonds. The first-order chi connectivity index (χ1) is 9.43. The largest absolute Gasteiger partial charge is 0.364 e. The van der Waals surface area contributed by atoms with Crippen LogP contribution in [0.5, 0.6) is 0 Å². The van der Waals surface area contributed by atoms with Gasteiger partial charge in [-0.05, 0) is 29.7 Å². The van der Waals surface area contributed by atoms with Gasteiger partial charge in [0.25, 0.3) is 0 Å². The van der Waals surface area contributed by atoms with Crippen LogP contribution in [0, 0.1) is 0 Å². The van der Waals surface area contributed by atoms with Crippen LogP contribution in [0.3, 0.4) is 0 Å². The molecule has 0 aliphatic rings. The minimum absolute atomic E-state index is 0.388. The Labute approximate surface area is 113 Å². The summed E-state index contributed by atoms with van der Waals surface area (Å²) in [5.74, 6) is 0.388. The molecule has 1 unspecified atom stereocenters. The molecule has 3 aromatic rings. The summed E-state index contributed by atoms with van der Waals surface area (Å²) in [7, 11) is 0. The maximum Gasteiger partial charge on any atom is 0.0281 e. The summed E-state index contributed by atoms with van der Waals surface area (Å²) in [6.45, 7) is 0. The van der Waals surface area contributed by atoms with Gasteiger partial charge in [-0.1, -0.05) is 60.7 Å². The normalized spacial score (nSPS) is 12.2. The molecule has 1 heterocycles. The molecule has 0 saturated heterocycles. The highest BCUT2D eigenvalue weighted by molar-refractivity contribution is 5.31. The van der Waals surface area contributed by atoms with Gasteiger partial charge in [0, 0.05) is 17.8 Å². The number of aromatic nitrogens is 1. The molecule has 0 aliphatic heterocycles. The fraction of sp³-hybridized carbons (Fsp3) is 0.111. The predicted molar refractivity (Wildman–Crippen MR) is 79.2 cm³/mol. The molecule has 0 fully saturated rings. The van der Waals surface area contributed by atoms with Crippen molar-refractivity contribution in [2.45, 2.75) is 12.3 Å². The fourth-order valence-electron chi connectivity index (χ4n) is 2.50. The molecule has 2 aromatic carbocycles. The van der Waals surface area contributed by atoms with Gasteiger partial charge in [0.1, 0.15) is 0 Å². The fourth-order valence-corrected chi connectivity index (χ4v) is 2.50. The minimum atomic E-state index is 0.388. The van der Waals surface area contributed by atoms with Crippen molar-refractivity contribution >= 4 is 0 Å². The summed E-state index contributed by atoms with van der Waals surface area (Å²) in [4.78, 5) is 3.36. The van der Waals surface area contributed by atoms with Gasteiger partial charge in [-0.15, -0.1) is 0 Å². The molecule has 1 aromatic heterocycles. The van der Waals surface area contributed by atoms with Gasteiger partial charge in [0.15, 0.2) is 0 Å². The van der Waals surface area contributed by atoms with Crippen molar-refractivity contribution in [3.63, 3.8) is 0 Å². The lowest BCUT2D eigenvalue weighted by Crippen LogP contribution is -2.05. The monoisotopic (exact) mass is 247 g/mol. The standard InChI is InChI=1S/C18H17N/c1-3-8-15(9-4-1)14-17(18-12-7-13-19-18)16-10-5-2-6-11-16/h1-13,17,19H,14H2. The van der Waals surface area contributed by atoms with Crippen LogP contribution in [0.15, 0.2) is 79.0 Å². The van der Waals surface area contributed by atoms with Crippen LogP contribution in [0.2, 0.25) is 0 Å². The highest BCUT2D eigenvalue weighted by Crippen LogP contribution is 2.27. The second kappa shape index (κ2) is 5.57. The summed E-state index contributed by atoms with van der Waals surface area (Å²) in [6, 6.07) is 25.6. The lowest BCUT2D eigenvalue weighted by molar-refractivity contribution is 0.781. The van der Waals surface area contributed by atoms with Crippen molar-refractivity contribution in [3.8, 4) is 0 Å². The molecule has 19 heavy (non-hydrogen) atoms. The Balaban J connectivity index is 1.94. The van der Waals surface area contributed by atoms with Crippen molar-refractivity contribution in [2.24, 2.45) is 0 Å². The first-order valence-electron chi connectivity index (χ1n) is 6.65. The van der Waals surface area contributed by atoms with Crippen LogP contribution in [0.4, 0.5) is 0 Å². The molecule has 0 radical (unpaired) electrons. The number of benzene rings is 2. The summed E-state index contributed by atoms with van der Waals surface area (Å²) in [5.41, 5.74) is 4.00. The Hall–Kier alpha value is -2.28. The van der Waals surface area contributed by atoms with E-state index in [1.165, 1.54) is 16.8 Å². The van der Waals surface area contributed by atoms with Crippen LogP contribution < -0.4 is 0 Å². The van der Waals surface area contributed by atoms with Gasteiger partial charge in [-0.2, -0.15) is 0 Å². The zero-order valence-electron chi connectivity index (χ0n) is 10.8. The van der Waals surface area contributed by atoms with E-state index in [0.29, 0.717) is 5.92 Å². The smallest absolute Gasteiger partial charge is 0.0281 e. The quantitative estimate of drug-likeness (QED) is 0.703. The Morgan fingerprint density at radius 2 is 1.42 bits per heavy atom. The van der Waals surface area contributed by atoms with Crippen LogP contribution in [0.1, 0.15) is 22.7 Å². The van der Waals surface area contributed by atoms with Gasteiger partial charge < -0.3 is 4.98 Å². The van der Waals surface area contributed by atoms with E-state index in [-0.39, 0.29) is 0 Å². The molecule has 94 valence electrons. The van der Waals surface area contributed by atoms with Crippen LogP contribution in [-0.2, 0) is 6.42 Å². The number of nitrogens with one attached hydrogen (secondary N) is 1. The van der Waals surface area contributed by atoms with E-state index in [0.717, 1.165) is 6.42 Å². The Morgan fingerprint density at radius 3 is 2.05 bits per heavy atom. The second-order valence-electron chi connectivity index (χ2n) is 4.78. The van der Waals surface area contributed by atoms with Crippen molar-refractivity contribution in [1.82, 2.24) is 4.98 Å². The van der Waals surface area contributed by atoms with E-state index >= 15 is 0 Å². The highest BCUT2D eigenvalue weighted by Gasteiger charge is 2.15. The molecule has 0 bridgehead atoms. The zero-order valence-corrected chi connectivity index (χ0v) is 10.8. The maximum absolute atomic E-state index is 3.36. The third kappa shape index (κ3) is 2.76. The van der Waals surface area contributed by atoms with E-state index in [4.69, 9.17) is 0 Å². The Kier molecular flexibility index (Phi) is 3.46. The molecule has 1 heteroatoms. The molecule has 0 saturated carbocycles. The average molecular weight is 247 g/mol. The van der Waals surface area contributed by atoms with E-state index in [2.05, 4.69) is 77.8 Å². The third-order valence-electron chi connectivity index (χ3n) is 3.48. The average Bonchev–Trinajstić information content (AvgIpc) is 3.01. The van der Waals surface area contributed by atoms with Crippen molar-refractivity contribution < 1.29 is 0 Å². The summed E-state index contributed by atoms with van der Waals surface area (Å²) in [5, 5.41) is 0. The number of rotatable bonds is 4. The third-order valence-corrected chi connectivity index (χ3v) is 3.48. The number of hydrogen-bond acceptors (Lipinski definition) is 0. The molecular weight excluding hydrogens is 230 g/mol. The molecule has 1 nitrogen and oxygen atoms in total. The zero-order chi connectivity index (χ0) is 12.9. The minimum Gasteiger partial charge on any atom is -0.364 e. The summed E-state index contributed by atoms with van der Waals surface area (Å²) >= 11 is 0. The van der Waals surface area contributed by atoms with Crippen molar-refractivity contribution in [2.75, 3.05) is 0 Å². The Bertz CT molecular complexity index is 597. The molecule has 3 rings (SSSR count). The maximum atomic E-state index is 3.36. The van der Waals surface area contributed by atoms with Crippen molar-refractivity contribution in [1.29, 1.82) is 0 Å². The molecule has 0 aliphatic carbocycles. The second-order valence-corrected chi connectivity index (χ2v) is 4.78. The highest BCUT2D eigenvalue weighted by atomic mass is 14.7. The van der Waals surface area contributed by atoms with Crippen LogP contribution >= 0.6 is 0 Å². The number of hydrogen-bond donors (Lipinski definition) is 1. The lowest BCUT2D eigenvalue weighted by Gasteiger charge is -2.16. The molecule has 1 atom stereocenters. The van der Waals surface area contributed by atoms with Gasteiger partial charge in [0.2, 0.25) is 0 Å². The SMILES string of the molecule is c1ccc(CC(c2ccccc2)c2ccc[nH]2)cc1. The first-order valence-corrected chi connectivity index (χ1v) is 6.65. The Morgan fingerprint density at radius 1 is 0.737 bits per heavy atom. The van der Waals surface area contributed by atoms with E-state index in [9.17, 15) is 0 Å². The van der Waals surface area contributed by atoms with E-state index in [1.54, 1.807) is 0 Å². The molecule has 0 spiro atoms. The van der Waals surface area contributed by atoms with E-state index < -0.39 is 0 Å². The van der Waals surface area contributed by atoms with Gasteiger partial charge >= 0.3 is 0 Å². The van der Waals surface area contributed by atoms with Crippen LogP contribution in [0.25, 0.3) is 0 Å². The first kappa shape index (κ1) is 11.8. The predicted octanol–water partition coefficient (Wildman–Crippen LogP) is 4.39. The molecular formula is C18H17N. The topological polar surface area (TPSA) is 15.8 Å². The van der Waals surface area contributed by atoms with E-state index in [1.807, 2.05) is 6.20 Å². The summed E-state index contributed by atoms with van der Waals surface area (Å²) in [6.07, 6.45) is 3.02. The lowest BCUT2D eigenvalue weighted by atomic mass is 9.89. The summed E-state index contributed by atoms with van der Waals surface area (Å²) < 4.78 is 0. The molecule has 1 N–H and O–H groups in total. The number of aromatic amines is 1. The van der Waals surface area contributed by atoms with Gasteiger partial charge in [-0.3, -0.25) is 0 Å². The van der Waals surface area contributed by atoms with Crippen molar-refractivity contribution in [3.05, 3.63) is 95.8 Å². The van der Waals surface area contributed by atoms with Gasteiger partial charge in [-0.25, -0.2) is 0 Å². The number of H-pyrrole nitrogens is 1. The van der Waals surface area contributed by atoms with Crippen LogP contribution in [-0.4, -0.2) is 4.98 Å². The van der Waals surface area contributed by atoms with Gasteiger partial charge in [0.05, 0.1) is 0 Å².